The first-order chi connectivity index (χ1) is 8.70. The largest absolute Gasteiger partial charge is 0.326 e. The van der Waals surface area contributed by atoms with Crippen molar-refractivity contribution in [1.29, 1.82) is 5.26 Å². The van der Waals surface area contributed by atoms with E-state index in [1.807, 2.05) is 36.1 Å². The maximum absolute atomic E-state index is 9.10. The first kappa shape index (κ1) is 10.9. The average molecular weight is 254 g/mol. The van der Waals surface area contributed by atoms with Crippen molar-refractivity contribution in [3.05, 3.63) is 34.2 Å². The molecule has 3 rings (SSSR count). The zero-order valence-corrected chi connectivity index (χ0v) is 10.8. The van der Waals surface area contributed by atoms with E-state index < -0.39 is 0 Å². The van der Waals surface area contributed by atoms with E-state index in [9.17, 15) is 0 Å². The van der Waals surface area contributed by atoms with Crippen LogP contribution in [0.15, 0.2) is 23.6 Å². The second-order valence-electron chi connectivity index (χ2n) is 4.03. The molecule has 0 spiro atoms. The van der Waals surface area contributed by atoms with Gasteiger partial charge in [-0.2, -0.15) is 5.26 Å². The highest BCUT2D eigenvalue weighted by Gasteiger charge is 2.14. The Bertz CT molecular complexity index is 776. The highest BCUT2D eigenvalue weighted by Crippen LogP contribution is 2.26. The van der Waals surface area contributed by atoms with E-state index in [4.69, 9.17) is 5.26 Å². The third-order valence-electron chi connectivity index (χ3n) is 2.88. The maximum Gasteiger partial charge on any atom is 0.160 e. The molecule has 0 bridgehead atoms. The molecule has 0 radical (unpaired) electrons. The Hall–Kier alpha value is -2.19. The molecule has 0 unspecified atom stereocenters. The molecule has 18 heavy (non-hydrogen) atoms. The number of aryl methyl sites for hydroxylation is 2. The molecule has 2 heterocycles. The van der Waals surface area contributed by atoms with Gasteiger partial charge in [-0.05, 0) is 19.1 Å². The Balaban J connectivity index is 2.33. The highest BCUT2D eigenvalue weighted by molar-refractivity contribution is 7.09. The molecular formula is C13H10N4S. The summed E-state index contributed by atoms with van der Waals surface area (Å²) in [6, 6.07) is 7.79. The molecule has 0 atom stereocenters. The number of benzene rings is 1. The van der Waals surface area contributed by atoms with Gasteiger partial charge in [0.2, 0.25) is 0 Å². The Morgan fingerprint density at radius 2 is 2.17 bits per heavy atom. The number of nitriles is 1. The lowest BCUT2D eigenvalue weighted by Crippen LogP contribution is -1.92. The molecule has 0 amide bonds. The van der Waals surface area contributed by atoms with Crippen LogP contribution in [-0.2, 0) is 7.05 Å². The van der Waals surface area contributed by atoms with Crippen LogP contribution in [-0.4, -0.2) is 14.5 Å². The van der Waals surface area contributed by atoms with Gasteiger partial charge in [0.1, 0.15) is 17.3 Å². The van der Waals surface area contributed by atoms with Gasteiger partial charge in [0, 0.05) is 12.4 Å². The first-order valence-corrected chi connectivity index (χ1v) is 6.36. The Labute approximate surface area is 108 Å². The maximum atomic E-state index is 9.10. The fraction of sp³-hybridized carbons (Fsp3) is 0.154. The minimum Gasteiger partial charge on any atom is -0.326 e. The van der Waals surface area contributed by atoms with E-state index in [0.29, 0.717) is 5.56 Å². The fourth-order valence-corrected chi connectivity index (χ4v) is 2.59. The SMILES string of the molecule is Cc1nc(-c2nc3c(C#N)cccc3n2C)cs1. The van der Waals surface area contributed by atoms with Crippen LogP contribution in [0, 0.1) is 18.3 Å². The van der Waals surface area contributed by atoms with Gasteiger partial charge in [0.15, 0.2) is 5.82 Å². The molecule has 0 fully saturated rings. The van der Waals surface area contributed by atoms with E-state index in [1.54, 1.807) is 17.4 Å². The summed E-state index contributed by atoms with van der Waals surface area (Å²) in [4.78, 5) is 9.00. The summed E-state index contributed by atoms with van der Waals surface area (Å²) in [5.74, 6) is 0.803. The van der Waals surface area contributed by atoms with E-state index in [2.05, 4.69) is 16.0 Å². The number of thiazole rings is 1. The lowest BCUT2D eigenvalue weighted by atomic mass is 10.2. The van der Waals surface area contributed by atoms with Gasteiger partial charge >= 0.3 is 0 Å². The van der Waals surface area contributed by atoms with E-state index >= 15 is 0 Å². The van der Waals surface area contributed by atoms with Crippen molar-refractivity contribution >= 4 is 22.4 Å². The number of para-hydroxylation sites is 1. The van der Waals surface area contributed by atoms with E-state index in [-0.39, 0.29) is 0 Å². The molecule has 1 aromatic carbocycles. The van der Waals surface area contributed by atoms with Crippen LogP contribution >= 0.6 is 11.3 Å². The van der Waals surface area contributed by atoms with Gasteiger partial charge in [-0.1, -0.05) is 6.07 Å². The zero-order valence-electron chi connectivity index (χ0n) is 10.0. The van der Waals surface area contributed by atoms with Crippen LogP contribution in [0.4, 0.5) is 0 Å². The standard InChI is InChI=1S/C13H10N4S/c1-8-15-10(7-18-8)13-16-12-9(6-14)4-3-5-11(12)17(13)2/h3-5,7H,1-2H3. The summed E-state index contributed by atoms with van der Waals surface area (Å²) >= 11 is 1.60. The zero-order chi connectivity index (χ0) is 12.7. The minimum atomic E-state index is 0.598. The summed E-state index contributed by atoms with van der Waals surface area (Å²) in [5.41, 5.74) is 3.15. The van der Waals surface area contributed by atoms with Crippen molar-refractivity contribution in [2.75, 3.05) is 0 Å². The second-order valence-corrected chi connectivity index (χ2v) is 5.09. The number of hydrogen-bond acceptors (Lipinski definition) is 4. The van der Waals surface area contributed by atoms with Gasteiger partial charge in [-0.15, -0.1) is 11.3 Å². The van der Waals surface area contributed by atoms with Crippen molar-refractivity contribution in [3.8, 4) is 17.6 Å². The van der Waals surface area contributed by atoms with Crippen LogP contribution in [0.2, 0.25) is 0 Å². The number of fused-ring (bicyclic) bond motifs is 1. The van der Waals surface area contributed by atoms with Gasteiger partial charge in [0.25, 0.3) is 0 Å². The van der Waals surface area contributed by atoms with Crippen LogP contribution in [0.5, 0.6) is 0 Å². The molecular weight excluding hydrogens is 244 g/mol. The van der Waals surface area contributed by atoms with Gasteiger partial charge in [-0.3, -0.25) is 0 Å². The molecule has 0 aliphatic heterocycles. The van der Waals surface area contributed by atoms with Crippen LogP contribution in [0.25, 0.3) is 22.6 Å². The molecule has 0 N–H and O–H groups in total. The van der Waals surface area contributed by atoms with E-state index in [1.165, 1.54) is 0 Å². The smallest absolute Gasteiger partial charge is 0.160 e. The molecule has 0 saturated carbocycles. The summed E-state index contributed by atoms with van der Waals surface area (Å²) < 4.78 is 1.98. The summed E-state index contributed by atoms with van der Waals surface area (Å²) in [6.45, 7) is 1.97. The summed E-state index contributed by atoms with van der Waals surface area (Å²) in [7, 11) is 1.94. The first-order valence-electron chi connectivity index (χ1n) is 5.48. The molecule has 0 aliphatic carbocycles. The number of rotatable bonds is 1. The molecule has 2 aromatic heterocycles. The molecule has 3 aromatic rings. The monoisotopic (exact) mass is 254 g/mol. The summed E-state index contributed by atoms with van der Waals surface area (Å²) in [5, 5.41) is 12.1. The van der Waals surface area contributed by atoms with Crippen molar-refractivity contribution in [2.45, 2.75) is 6.92 Å². The van der Waals surface area contributed by atoms with E-state index in [0.717, 1.165) is 27.6 Å². The lowest BCUT2D eigenvalue weighted by Gasteiger charge is -1.98. The molecule has 0 aliphatic rings. The number of aromatic nitrogens is 3. The quantitative estimate of drug-likeness (QED) is 0.671. The Morgan fingerprint density at radius 3 is 2.83 bits per heavy atom. The number of imidazole rings is 1. The number of nitrogens with zero attached hydrogens (tertiary/aromatic N) is 4. The van der Waals surface area contributed by atoms with Crippen molar-refractivity contribution in [3.63, 3.8) is 0 Å². The third-order valence-corrected chi connectivity index (χ3v) is 3.65. The molecule has 4 nitrogen and oxygen atoms in total. The van der Waals surface area contributed by atoms with Crippen molar-refractivity contribution in [1.82, 2.24) is 14.5 Å². The van der Waals surface area contributed by atoms with Crippen molar-refractivity contribution in [2.24, 2.45) is 7.05 Å². The number of hydrogen-bond donors (Lipinski definition) is 0. The van der Waals surface area contributed by atoms with Gasteiger partial charge in [0.05, 0.1) is 16.1 Å². The third kappa shape index (κ3) is 1.50. The molecule has 0 saturated heterocycles. The topological polar surface area (TPSA) is 54.5 Å². The van der Waals surface area contributed by atoms with Gasteiger partial charge in [-0.25, -0.2) is 9.97 Å². The van der Waals surface area contributed by atoms with Crippen LogP contribution < -0.4 is 0 Å². The average Bonchev–Trinajstić information content (AvgIpc) is 2.94. The Morgan fingerprint density at radius 1 is 1.33 bits per heavy atom. The summed E-state index contributed by atoms with van der Waals surface area (Å²) in [6.07, 6.45) is 0. The van der Waals surface area contributed by atoms with Gasteiger partial charge < -0.3 is 4.57 Å². The fourth-order valence-electron chi connectivity index (χ4n) is 2.00. The normalized spacial score (nSPS) is 10.7. The van der Waals surface area contributed by atoms with Crippen molar-refractivity contribution < 1.29 is 0 Å². The minimum absolute atomic E-state index is 0.598. The van der Waals surface area contributed by atoms with Crippen LogP contribution in [0.3, 0.4) is 0 Å². The van der Waals surface area contributed by atoms with Crippen LogP contribution in [0.1, 0.15) is 10.6 Å². The Kier molecular flexibility index (Phi) is 2.39. The lowest BCUT2D eigenvalue weighted by molar-refractivity contribution is 0.951. The highest BCUT2D eigenvalue weighted by atomic mass is 32.1. The predicted molar refractivity (Wildman–Crippen MR) is 71.3 cm³/mol. The second kappa shape index (κ2) is 3.93. The predicted octanol–water partition coefficient (Wildman–Crippen LogP) is 2.88. The molecule has 88 valence electrons. The molecule has 5 heteroatoms.